The van der Waals surface area contributed by atoms with E-state index in [1.165, 1.54) is 28.8 Å². The van der Waals surface area contributed by atoms with Gasteiger partial charge >= 0.3 is 10.8 Å². The zero-order valence-corrected chi connectivity index (χ0v) is 24.9. The van der Waals surface area contributed by atoms with E-state index in [2.05, 4.69) is 10.3 Å². The van der Waals surface area contributed by atoms with Crippen LogP contribution in [0.2, 0.25) is 5.02 Å². The van der Waals surface area contributed by atoms with Gasteiger partial charge in [-0.2, -0.15) is 0 Å². The Morgan fingerprint density at radius 1 is 1.02 bits per heavy atom. The third kappa shape index (κ3) is 5.37. The lowest BCUT2D eigenvalue weighted by atomic mass is 9.84. The molecule has 43 heavy (non-hydrogen) atoms. The summed E-state index contributed by atoms with van der Waals surface area (Å²) in [7, 11) is 0. The van der Waals surface area contributed by atoms with Crippen LogP contribution < -0.4 is 15.1 Å². The topological polar surface area (TPSA) is 128 Å². The molecule has 2 unspecified atom stereocenters. The Kier molecular flexibility index (Phi) is 7.91. The molecule has 0 radical (unpaired) electrons. The number of hydrogen-bond donors (Lipinski definition) is 1. The van der Waals surface area contributed by atoms with Crippen molar-refractivity contribution in [3.8, 4) is 0 Å². The molecule has 2 aromatic heterocycles. The molecule has 3 amide bonds. The summed E-state index contributed by atoms with van der Waals surface area (Å²) in [5.74, 6) is -3.24. The summed E-state index contributed by atoms with van der Waals surface area (Å²) in [6.45, 7) is 1.65. The average Bonchev–Trinajstić information content (AvgIpc) is 3.45. The number of imide groups is 1. The number of carbonyl (C=O) groups excluding carboxylic acids is 4. The smallest absolute Gasteiger partial charge is 0.338 e. The van der Waals surface area contributed by atoms with Crippen LogP contribution in [-0.4, -0.2) is 45.1 Å². The van der Waals surface area contributed by atoms with Gasteiger partial charge in [0.1, 0.15) is 11.8 Å². The Hall–Kier alpha value is -4.26. The van der Waals surface area contributed by atoms with Gasteiger partial charge in [-0.05, 0) is 67.1 Å². The molecule has 0 spiro atoms. The fourth-order valence-electron chi connectivity index (χ4n) is 5.27. The molecule has 1 saturated heterocycles. The number of hydrogen-bond acceptors (Lipinski definition) is 9. The van der Waals surface area contributed by atoms with Crippen LogP contribution in [0.1, 0.15) is 33.6 Å². The highest BCUT2D eigenvalue weighted by molar-refractivity contribution is 8.00. The van der Waals surface area contributed by atoms with Crippen LogP contribution in [0.25, 0.3) is 0 Å². The van der Waals surface area contributed by atoms with Crippen LogP contribution in [0.4, 0.5) is 11.4 Å². The maximum absolute atomic E-state index is 14.0. The number of nitrogens with one attached hydrogen (secondary N) is 1. The van der Waals surface area contributed by atoms with Crippen molar-refractivity contribution in [1.29, 1.82) is 0 Å². The number of pyridine rings is 1. The molecule has 218 valence electrons. The van der Waals surface area contributed by atoms with Crippen molar-refractivity contribution in [3.63, 3.8) is 0 Å². The van der Waals surface area contributed by atoms with Crippen molar-refractivity contribution in [1.82, 2.24) is 9.55 Å². The first kappa shape index (κ1) is 28.8. The molecule has 3 atom stereocenters. The van der Waals surface area contributed by atoms with Crippen LogP contribution in [0.5, 0.6) is 0 Å². The van der Waals surface area contributed by atoms with E-state index < -0.39 is 40.8 Å². The van der Waals surface area contributed by atoms with Gasteiger partial charge in [-0.25, -0.2) is 9.69 Å². The molecule has 13 heteroatoms. The molecule has 0 aliphatic carbocycles. The molecule has 4 heterocycles. The number of esters is 1. The minimum atomic E-state index is -0.852. The van der Waals surface area contributed by atoms with E-state index in [4.69, 9.17) is 16.3 Å². The lowest BCUT2D eigenvalue weighted by Crippen LogP contribution is -2.33. The molecule has 10 nitrogen and oxygen atoms in total. The maximum Gasteiger partial charge on any atom is 0.338 e. The number of rotatable bonds is 7. The van der Waals surface area contributed by atoms with Gasteiger partial charge in [0, 0.05) is 33.9 Å². The van der Waals surface area contributed by atoms with Gasteiger partial charge in [0.2, 0.25) is 17.7 Å². The second-order valence-corrected chi connectivity index (χ2v) is 12.3. The maximum atomic E-state index is 14.0. The molecule has 4 aromatic rings. The third-order valence-electron chi connectivity index (χ3n) is 7.16. The highest BCUT2D eigenvalue weighted by Crippen LogP contribution is 2.53. The summed E-state index contributed by atoms with van der Waals surface area (Å²) < 4.78 is 6.38. The minimum Gasteiger partial charge on any atom is -0.462 e. The van der Waals surface area contributed by atoms with E-state index in [-0.39, 0.29) is 18.0 Å². The first-order valence-corrected chi connectivity index (χ1v) is 15.3. The summed E-state index contributed by atoms with van der Waals surface area (Å²) in [5, 5.41) is 2.90. The lowest BCUT2D eigenvalue weighted by molar-refractivity contribution is -0.122. The summed E-state index contributed by atoms with van der Waals surface area (Å²) in [5.41, 5.74) is 1.83. The van der Waals surface area contributed by atoms with Crippen molar-refractivity contribution in [2.24, 2.45) is 5.92 Å². The quantitative estimate of drug-likeness (QED) is 0.231. The zero-order valence-electron chi connectivity index (χ0n) is 22.6. The fourth-order valence-corrected chi connectivity index (χ4v) is 8.17. The molecule has 0 bridgehead atoms. The van der Waals surface area contributed by atoms with E-state index in [1.807, 2.05) is 6.07 Å². The normalized spacial score (nSPS) is 19.1. The largest absolute Gasteiger partial charge is 0.462 e. The average molecular weight is 635 g/mol. The number of nitrogens with zero attached hydrogens (tertiary/aromatic N) is 3. The van der Waals surface area contributed by atoms with Gasteiger partial charge in [0.15, 0.2) is 0 Å². The molecule has 1 fully saturated rings. The van der Waals surface area contributed by atoms with E-state index in [0.29, 0.717) is 37.4 Å². The molecular formula is C30H23ClN4O6S2. The first-order valence-electron chi connectivity index (χ1n) is 13.3. The zero-order chi connectivity index (χ0) is 30.2. The summed E-state index contributed by atoms with van der Waals surface area (Å²) in [6.07, 6.45) is 3.23. The Labute approximate surface area is 258 Å². The number of thiazole rings is 1. The van der Waals surface area contributed by atoms with Gasteiger partial charge in [-0.15, -0.1) is 0 Å². The molecule has 2 aliphatic rings. The predicted molar refractivity (Wildman–Crippen MR) is 163 cm³/mol. The highest BCUT2D eigenvalue weighted by Gasteiger charge is 2.56. The summed E-state index contributed by atoms with van der Waals surface area (Å²) in [6, 6.07) is 16.2. The number of halogens is 1. The number of thioether (sulfide) groups is 1. The van der Waals surface area contributed by atoms with E-state index in [0.717, 1.165) is 28.0 Å². The number of amides is 3. The van der Waals surface area contributed by atoms with Crippen LogP contribution in [0, 0.1) is 5.92 Å². The van der Waals surface area contributed by atoms with Crippen LogP contribution >= 0.6 is 34.7 Å². The molecule has 2 aliphatic heterocycles. The molecule has 6 rings (SSSR count). The first-order chi connectivity index (χ1) is 20.8. The minimum absolute atomic E-state index is 0.220. The Balaban J connectivity index is 1.35. The van der Waals surface area contributed by atoms with Crippen molar-refractivity contribution < 1.29 is 23.9 Å². The Morgan fingerprint density at radius 3 is 2.44 bits per heavy atom. The van der Waals surface area contributed by atoms with Gasteiger partial charge in [-0.1, -0.05) is 40.8 Å². The van der Waals surface area contributed by atoms with E-state index in [9.17, 15) is 24.0 Å². The van der Waals surface area contributed by atoms with E-state index in [1.54, 1.807) is 49.6 Å². The van der Waals surface area contributed by atoms with Crippen LogP contribution in [0.3, 0.4) is 0 Å². The second-order valence-electron chi connectivity index (χ2n) is 9.79. The van der Waals surface area contributed by atoms with Crippen LogP contribution in [-0.2, 0) is 25.7 Å². The van der Waals surface area contributed by atoms with Crippen LogP contribution in [0.15, 0.2) is 82.9 Å². The number of benzene rings is 2. The van der Waals surface area contributed by atoms with Gasteiger partial charge in [0.25, 0.3) is 0 Å². The number of aromatic nitrogens is 2. The summed E-state index contributed by atoms with van der Waals surface area (Å²) >= 11 is 8.01. The van der Waals surface area contributed by atoms with Crippen molar-refractivity contribution in [3.05, 3.63) is 104 Å². The number of anilines is 2. The Bertz CT molecular complexity index is 1790. The van der Waals surface area contributed by atoms with E-state index >= 15 is 0 Å². The second kappa shape index (κ2) is 11.8. The number of fused-ring (bicyclic) bond motifs is 2. The van der Waals surface area contributed by atoms with Crippen molar-refractivity contribution in [2.45, 2.75) is 29.7 Å². The summed E-state index contributed by atoms with van der Waals surface area (Å²) in [4.78, 5) is 71.8. The molecular weight excluding hydrogens is 612 g/mol. The SMILES string of the molecule is CCOC(=O)c1ccc(N2C(=O)C3Sc4c(sc(=O)n4CC(=O)Nc4ccc(Cl)cc4)[C@@H](c4cccnc4)C3C2=O)cc1. The predicted octanol–water partition coefficient (Wildman–Crippen LogP) is 4.57. The molecule has 0 saturated carbocycles. The molecule has 2 aromatic carbocycles. The van der Waals surface area contributed by atoms with Gasteiger partial charge < -0.3 is 10.1 Å². The Morgan fingerprint density at radius 2 is 1.77 bits per heavy atom. The van der Waals surface area contributed by atoms with Gasteiger partial charge in [-0.3, -0.25) is 28.7 Å². The number of ether oxygens (including phenoxy) is 1. The molecule has 1 N–H and O–H groups in total. The fraction of sp³-hybridized carbons (Fsp3) is 0.200. The third-order valence-corrected chi connectivity index (χ3v) is 10.0. The monoisotopic (exact) mass is 634 g/mol. The number of carbonyl (C=O) groups is 4. The standard InChI is InChI=1S/C30H23ClN4O6S2/c1-2-41-29(39)16-5-11-20(12-6-16)35-26(37)23-22(17-4-3-13-32-14-17)25-28(42-24(23)27(35)38)34(30(40)43-25)15-21(36)33-19-9-7-18(31)8-10-19/h3-14,22-24H,2,15H2,1H3,(H,33,36)/t22-,23?,24?/m0/s1. The highest BCUT2D eigenvalue weighted by atomic mass is 35.5. The van der Waals surface area contributed by atoms with Gasteiger partial charge in [0.05, 0.1) is 28.8 Å². The van der Waals surface area contributed by atoms with Crippen molar-refractivity contribution >= 4 is 69.8 Å². The van der Waals surface area contributed by atoms with Crippen molar-refractivity contribution in [2.75, 3.05) is 16.8 Å². The lowest BCUT2D eigenvalue weighted by Gasteiger charge is -2.30.